The minimum absolute atomic E-state index is 0.0175. The molecule has 2 amide bonds. The van der Waals surface area contributed by atoms with Crippen LogP contribution in [0.25, 0.3) is 6.08 Å². The molecule has 0 bridgehead atoms. The zero-order valence-electron chi connectivity index (χ0n) is 16.6. The van der Waals surface area contributed by atoms with Crippen LogP contribution in [0.4, 0.5) is 5.69 Å². The maximum Gasteiger partial charge on any atom is 0.270 e. The van der Waals surface area contributed by atoms with Crippen molar-refractivity contribution in [3.8, 4) is 17.2 Å². The molecule has 0 radical (unpaired) electrons. The van der Waals surface area contributed by atoms with Crippen LogP contribution in [0, 0.1) is 0 Å². The van der Waals surface area contributed by atoms with E-state index >= 15 is 0 Å². The van der Waals surface area contributed by atoms with E-state index in [1.54, 1.807) is 42.5 Å². The van der Waals surface area contributed by atoms with Crippen LogP contribution in [0.3, 0.4) is 0 Å². The number of thiocarbonyl (C=S) groups is 1. The summed E-state index contributed by atoms with van der Waals surface area (Å²) in [6, 6.07) is 23.4. The number of rotatable bonds is 5. The highest BCUT2D eigenvalue weighted by molar-refractivity contribution is 7.80. The molecule has 0 aromatic heterocycles. The number of ether oxygens (including phenoxy) is 2. The summed E-state index contributed by atoms with van der Waals surface area (Å²) in [4.78, 5) is 26.9. The van der Waals surface area contributed by atoms with Gasteiger partial charge in [-0.25, -0.2) is 0 Å². The molecule has 0 spiro atoms. The highest BCUT2D eigenvalue weighted by atomic mass is 32.1. The van der Waals surface area contributed by atoms with E-state index in [4.69, 9.17) is 21.7 Å². The van der Waals surface area contributed by atoms with E-state index < -0.39 is 11.8 Å². The summed E-state index contributed by atoms with van der Waals surface area (Å²) < 4.78 is 11.1. The average molecular weight is 430 g/mol. The maximum absolute atomic E-state index is 13.2. The Morgan fingerprint density at radius 1 is 0.871 bits per heavy atom. The highest BCUT2D eigenvalue weighted by Gasteiger charge is 2.34. The highest BCUT2D eigenvalue weighted by Crippen LogP contribution is 2.28. The summed E-state index contributed by atoms with van der Waals surface area (Å²) in [5, 5.41) is 2.60. The van der Waals surface area contributed by atoms with Crippen molar-refractivity contribution in [3.05, 3.63) is 90.0 Å². The summed E-state index contributed by atoms with van der Waals surface area (Å²) in [6.07, 6.45) is 1.50. The number of methoxy groups -OCH3 is 1. The molecule has 154 valence electrons. The van der Waals surface area contributed by atoms with Crippen LogP contribution in [0.1, 0.15) is 5.56 Å². The van der Waals surface area contributed by atoms with Gasteiger partial charge in [0, 0.05) is 5.56 Å². The zero-order chi connectivity index (χ0) is 21.8. The Kier molecular flexibility index (Phi) is 5.77. The molecule has 0 atom stereocenters. The molecular formula is C24H18N2O4S. The Bertz CT molecular complexity index is 1170. The quantitative estimate of drug-likeness (QED) is 0.371. The smallest absolute Gasteiger partial charge is 0.270 e. The van der Waals surface area contributed by atoms with Crippen LogP contribution < -0.4 is 19.7 Å². The van der Waals surface area contributed by atoms with E-state index in [0.29, 0.717) is 28.5 Å². The van der Waals surface area contributed by atoms with Gasteiger partial charge in [-0.2, -0.15) is 0 Å². The molecule has 7 heteroatoms. The summed E-state index contributed by atoms with van der Waals surface area (Å²) in [6.45, 7) is 0. The predicted molar refractivity (Wildman–Crippen MR) is 122 cm³/mol. The minimum Gasteiger partial charge on any atom is -0.496 e. The van der Waals surface area contributed by atoms with Gasteiger partial charge in [0.15, 0.2) is 5.11 Å². The fourth-order valence-electron chi connectivity index (χ4n) is 3.12. The largest absolute Gasteiger partial charge is 0.496 e. The van der Waals surface area contributed by atoms with Gasteiger partial charge in [0.1, 0.15) is 22.8 Å². The number of hydrogen-bond acceptors (Lipinski definition) is 5. The molecule has 1 N–H and O–H groups in total. The van der Waals surface area contributed by atoms with Crippen LogP contribution in [0.2, 0.25) is 0 Å². The molecule has 3 aromatic rings. The van der Waals surface area contributed by atoms with E-state index in [-0.39, 0.29) is 10.7 Å². The molecular weight excluding hydrogens is 412 g/mol. The third-order valence-electron chi connectivity index (χ3n) is 4.61. The molecule has 0 aliphatic carbocycles. The average Bonchev–Trinajstić information content (AvgIpc) is 2.78. The molecule has 4 rings (SSSR count). The molecule has 31 heavy (non-hydrogen) atoms. The first kappa shape index (κ1) is 20.3. The SMILES string of the molecule is COc1ccccc1/C=C1\C(=O)NC(=S)N(c2ccc(Oc3ccccc3)cc2)C1=O. The number of benzene rings is 3. The van der Waals surface area contributed by atoms with E-state index in [0.717, 1.165) is 0 Å². The van der Waals surface area contributed by atoms with Crippen molar-refractivity contribution >= 4 is 40.9 Å². The van der Waals surface area contributed by atoms with Gasteiger partial charge in [-0.15, -0.1) is 0 Å². The van der Waals surface area contributed by atoms with Crippen LogP contribution >= 0.6 is 12.2 Å². The van der Waals surface area contributed by atoms with Crippen molar-refractivity contribution in [3.63, 3.8) is 0 Å². The van der Waals surface area contributed by atoms with Gasteiger partial charge < -0.3 is 9.47 Å². The Balaban J connectivity index is 1.62. The molecule has 1 aliphatic rings. The van der Waals surface area contributed by atoms with Crippen molar-refractivity contribution in [1.29, 1.82) is 0 Å². The van der Waals surface area contributed by atoms with E-state index in [2.05, 4.69) is 5.32 Å². The van der Waals surface area contributed by atoms with Crippen molar-refractivity contribution < 1.29 is 19.1 Å². The second-order valence-electron chi connectivity index (χ2n) is 6.61. The second kappa shape index (κ2) is 8.81. The van der Waals surface area contributed by atoms with Crippen LogP contribution in [-0.4, -0.2) is 24.0 Å². The number of nitrogens with one attached hydrogen (secondary N) is 1. The lowest BCUT2D eigenvalue weighted by atomic mass is 10.1. The number of para-hydroxylation sites is 2. The first-order valence-corrected chi connectivity index (χ1v) is 9.85. The topological polar surface area (TPSA) is 67.9 Å². The third kappa shape index (κ3) is 4.31. The predicted octanol–water partition coefficient (Wildman–Crippen LogP) is 4.32. The Labute approximate surface area is 184 Å². The normalized spacial score (nSPS) is 15.1. The Morgan fingerprint density at radius 2 is 1.52 bits per heavy atom. The van der Waals surface area contributed by atoms with E-state index in [9.17, 15) is 9.59 Å². The van der Waals surface area contributed by atoms with E-state index in [1.165, 1.54) is 18.1 Å². The van der Waals surface area contributed by atoms with Gasteiger partial charge >= 0.3 is 0 Å². The van der Waals surface area contributed by atoms with Gasteiger partial charge in [-0.05, 0) is 60.8 Å². The van der Waals surface area contributed by atoms with Crippen LogP contribution in [0.15, 0.2) is 84.4 Å². The number of amides is 2. The number of nitrogens with zero attached hydrogens (tertiary/aromatic N) is 1. The van der Waals surface area contributed by atoms with Crippen LogP contribution in [-0.2, 0) is 9.59 Å². The number of carbonyl (C=O) groups excluding carboxylic acids is 2. The van der Waals surface area contributed by atoms with E-state index in [1.807, 2.05) is 36.4 Å². The Hall–Kier alpha value is -3.97. The monoisotopic (exact) mass is 430 g/mol. The molecule has 0 saturated carbocycles. The zero-order valence-corrected chi connectivity index (χ0v) is 17.4. The first-order valence-electron chi connectivity index (χ1n) is 9.44. The van der Waals surface area contributed by atoms with Crippen molar-refractivity contribution in [2.75, 3.05) is 12.0 Å². The number of carbonyl (C=O) groups is 2. The molecule has 3 aromatic carbocycles. The summed E-state index contributed by atoms with van der Waals surface area (Å²) >= 11 is 5.26. The van der Waals surface area contributed by atoms with Gasteiger partial charge in [-0.3, -0.25) is 19.8 Å². The van der Waals surface area contributed by atoms with Gasteiger partial charge in [0.25, 0.3) is 11.8 Å². The molecule has 1 aliphatic heterocycles. The summed E-state index contributed by atoms with van der Waals surface area (Å²) in [7, 11) is 1.53. The maximum atomic E-state index is 13.2. The molecule has 0 unspecified atom stereocenters. The first-order chi connectivity index (χ1) is 15.1. The summed E-state index contributed by atoms with van der Waals surface area (Å²) in [5.41, 5.74) is 1.09. The molecule has 6 nitrogen and oxygen atoms in total. The fourth-order valence-corrected chi connectivity index (χ4v) is 3.40. The lowest BCUT2D eigenvalue weighted by Gasteiger charge is -2.29. The minimum atomic E-state index is -0.554. The lowest BCUT2D eigenvalue weighted by molar-refractivity contribution is -0.122. The Morgan fingerprint density at radius 3 is 2.23 bits per heavy atom. The standard InChI is InChI=1S/C24H18N2O4S/c1-29-21-10-6-5-7-16(21)15-20-22(27)25-24(31)26(23(20)28)17-11-13-19(14-12-17)30-18-8-3-2-4-9-18/h2-15H,1H3,(H,25,27,31)/b20-15+. The third-order valence-corrected chi connectivity index (χ3v) is 4.90. The molecule has 1 saturated heterocycles. The lowest BCUT2D eigenvalue weighted by Crippen LogP contribution is -2.54. The second-order valence-corrected chi connectivity index (χ2v) is 7.00. The number of hydrogen-bond donors (Lipinski definition) is 1. The van der Waals surface area contributed by atoms with Crippen molar-refractivity contribution in [2.24, 2.45) is 0 Å². The molecule has 1 fully saturated rings. The van der Waals surface area contributed by atoms with Gasteiger partial charge in [0.2, 0.25) is 0 Å². The number of anilines is 1. The van der Waals surface area contributed by atoms with Crippen molar-refractivity contribution in [1.82, 2.24) is 5.32 Å². The summed E-state index contributed by atoms with van der Waals surface area (Å²) in [5.74, 6) is 0.795. The van der Waals surface area contributed by atoms with Crippen molar-refractivity contribution in [2.45, 2.75) is 0 Å². The fraction of sp³-hybridized carbons (Fsp3) is 0.0417. The van der Waals surface area contributed by atoms with Crippen LogP contribution in [0.5, 0.6) is 17.2 Å². The van der Waals surface area contributed by atoms with Gasteiger partial charge in [-0.1, -0.05) is 36.4 Å². The van der Waals surface area contributed by atoms with Gasteiger partial charge in [0.05, 0.1) is 12.8 Å². The molecule has 1 heterocycles.